The van der Waals surface area contributed by atoms with E-state index in [4.69, 9.17) is 0 Å². The number of benzene rings is 2. The number of hydrogen-bond acceptors (Lipinski definition) is 1. The van der Waals surface area contributed by atoms with Crippen LogP contribution in [0.5, 0.6) is 0 Å². The first-order valence-electron chi connectivity index (χ1n) is 10.6. The molecule has 1 fully saturated rings. The summed E-state index contributed by atoms with van der Waals surface area (Å²) in [4.78, 5) is 1.51. The zero-order valence-electron chi connectivity index (χ0n) is 17.6. The van der Waals surface area contributed by atoms with Crippen LogP contribution in [0.4, 0.5) is 0 Å². The molecule has 1 aliphatic heterocycles. The lowest BCUT2D eigenvalue weighted by atomic mass is 9.70. The molecule has 1 heteroatoms. The van der Waals surface area contributed by atoms with Crippen LogP contribution in [0.15, 0.2) is 59.5 Å². The van der Waals surface area contributed by atoms with E-state index in [1.165, 1.54) is 4.90 Å². The van der Waals surface area contributed by atoms with Crippen molar-refractivity contribution in [2.45, 2.75) is 63.5 Å². The summed E-state index contributed by atoms with van der Waals surface area (Å²) in [6, 6.07) is 20.5. The molecule has 2 aliphatic rings. The number of fused-ring (bicyclic) bond motifs is 1. The second kappa shape index (κ2) is 6.99. The summed E-state index contributed by atoms with van der Waals surface area (Å²) in [6.45, 7) is 14.9. The van der Waals surface area contributed by atoms with Gasteiger partial charge in [-0.05, 0) is 58.1 Å². The van der Waals surface area contributed by atoms with Crippen molar-refractivity contribution in [1.29, 1.82) is 0 Å². The van der Waals surface area contributed by atoms with Gasteiger partial charge in [-0.15, -0.1) is 11.8 Å². The van der Waals surface area contributed by atoms with E-state index in [-0.39, 0.29) is 0 Å². The average Bonchev–Trinajstić information content (AvgIpc) is 3.09. The Kier molecular flexibility index (Phi) is 4.95. The van der Waals surface area contributed by atoms with Crippen molar-refractivity contribution in [2.75, 3.05) is 0 Å². The second-order valence-electron chi connectivity index (χ2n) is 10.0. The largest absolute Gasteiger partial charge is 0.121 e. The lowest BCUT2D eigenvalue weighted by Crippen LogP contribution is -2.31. The highest BCUT2D eigenvalue weighted by molar-refractivity contribution is 8.00. The molecule has 27 heavy (non-hydrogen) atoms. The predicted octanol–water partition coefficient (Wildman–Crippen LogP) is 7.61. The van der Waals surface area contributed by atoms with Crippen LogP contribution in [0.3, 0.4) is 0 Å². The molecule has 7 unspecified atom stereocenters. The molecular weight excluding hydrogens is 344 g/mol. The predicted molar refractivity (Wildman–Crippen MR) is 118 cm³/mol. The zero-order valence-corrected chi connectivity index (χ0v) is 18.5. The third-order valence-electron chi connectivity index (χ3n) is 7.45. The van der Waals surface area contributed by atoms with E-state index in [2.05, 4.69) is 108 Å². The fourth-order valence-electron chi connectivity index (χ4n) is 6.70. The molecular formula is C26H34S. The minimum atomic E-state index is 0.347. The molecule has 7 atom stereocenters. The summed E-state index contributed by atoms with van der Waals surface area (Å²) in [5.74, 6) is 4.21. The molecule has 1 saturated carbocycles. The van der Waals surface area contributed by atoms with Crippen molar-refractivity contribution in [3.05, 3.63) is 65.7 Å². The van der Waals surface area contributed by atoms with Crippen LogP contribution >= 0.6 is 11.8 Å². The molecule has 2 aromatic rings. The number of hydrogen-bond donors (Lipinski definition) is 0. The molecule has 0 N–H and O–H groups in total. The molecule has 0 amide bonds. The van der Waals surface area contributed by atoms with Gasteiger partial charge in [0.15, 0.2) is 0 Å². The molecule has 4 rings (SSSR count). The van der Waals surface area contributed by atoms with Gasteiger partial charge in [0.25, 0.3) is 0 Å². The molecule has 1 aliphatic carbocycles. The van der Waals surface area contributed by atoms with E-state index in [9.17, 15) is 0 Å². The lowest BCUT2D eigenvalue weighted by molar-refractivity contribution is 0.141. The van der Waals surface area contributed by atoms with Crippen LogP contribution in [0, 0.1) is 29.1 Å². The zero-order chi connectivity index (χ0) is 19.3. The van der Waals surface area contributed by atoms with Crippen LogP contribution in [0.1, 0.15) is 64.5 Å². The maximum Gasteiger partial charge on any atom is 0.0198 e. The van der Waals surface area contributed by atoms with E-state index >= 15 is 0 Å². The molecule has 1 heterocycles. The Morgan fingerprint density at radius 3 is 2.04 bits per heavy atom. The Hall–Kier alpha value is -1.21. The lowest BCUT2D eigenvalue weighted by Gasteiger charge is -2.36. The van der Waals surface area contributed by atoms with Gasteiger partial charge in [0.1, 0.15) is 0 Å². The summed E-state index contributed by atoms with van der Waals surface area (Å²) in [7, 11) is 0. The first-order valence-corrected chi connectivity index (χ1v) is 11.5. The van der Waals surface area contributed by atoms with Crippen molar-refractivity contribution in [3.63, 3.8) is 0 Å². The first-order chi connectivity index (χ1) is 12.8. The maximum atomic E-state index is 2.55. The summed E-state index contributed by atoms with van der Waals surface area (Å²) < 4.78 is 0. The van der Waals surface area contributed by atoms with Gasteiger partial charge in [-0.3, -0.25) is 0 Å². The molecule has 0 saturated heterocycles. The third kappa shape index (κ3) is 3.16. The highest BCUT2D eigenvalue weighted by Crippen LogP contribution is 2.63. The summed E-state index contributed by atoms with van der Waals surface area (Å²) in [6.07, 6.45) is 0. The van der Waals surface area contributed by atoms with Crippen molar-refractivity contribution in [2.24, 2.45) is 29.1 Å². The van der Waals surface area contributed by atoms with Crippen molar-refractivity contribution in [1.82, 2.24) is 0 Å². The van der Waals surface area contributed by atoms with Crippen molar-refractivity contribution in [3.8, 4) is 0 Å². The minimum absolute atomic E-state index is 0.347. The van der Waals surface area contributed by atoms with Crippen LogP contribution < -0.4 is 0 Å². The van der Waals surface area contributed by atoms with Crippen LogP contribution in [-0.4, -0.2) is 5.25 Å². The number of rotatable bonds is 2. The van der Waals surface area contributed by atoms with Gasteiger partial charge >= 0.3 is 0 Å². The van der Waals surface area contributed by atoms with Gasteiger partial charge in [-0.2, -0.15) is 0 Å². The fraction of sp³-hybridized carbons (Fsp3) is 0.538. The first kappa shape index (κ1) is 19.1. The average molecular weight is 379 g/mol. The Morgan fingerprint density at radius 2 is 1.41 bits per heavy atom. The topological polar surface area (TPSA) is 0 Å². The highest BCUT2D eigenvalue weighted by Gasteiger charge is 2.55. The number of thioether (sulfide) groups is 1. The molecule has 144 valence electrons. The Morgan fingerprint density at radius 1 is 0.778 bits per heavy atom. The molecule has 2 aromatic carbocycles. The van der Waals surface area contributed by atoms with Gasteiger partial charge in [0.05, 0.1) is 0 Å². The standard InChI is InChI=1S/C26H34S/c1-16-20-14-10-11-15-21(20)27-25(16)23-18(3)24(26(4,5)6)17(2)22(23)19-12-8-7-9-13-19/h7-18,22-25H,1-6H3. The second-order valence-corrected chi connectivity index (χ2v) is 11.3. The molecule has 0 radical (unpaired) electrons. The van der Waals surface area contributed by atoms with Crippen LogP contribution in [0.25, 0.3) is 0 Å². The van der Waals surface area contributed by atoms with Gasteiger partial charge in [-0.25, -0.2) is 0 Å². The van der Waals surface area contributed by atoms with E-state index in [1.807, 2.05) is 0 Å². The third-order valence-corrected chi connectivity index (χ3v) is 9.07. The summed E-state index contributed by atoms with van der Waals surface area (Å²) in [5.41, 5.74) is 3.47. The van der Waals surface area contributed by atoms with E-state index in [1.54, 1.807) is 11.1 Å². The SMILES string of the molecule is CC1c2ccccc2SC1C1C(C)C(C(C)(C)C)C(C)C1c1ccccc1. The van der Waals surface area contributed by atoms with Crippen LogP contribution in [0.2, 0.25) is 0 Å². The molecule has 0 aromatic heterocycles. The van der Waals surface area contributed by atoms with Crippen molar-refractivity contribution < 1.29 is 0 Å². The Bertz CT molecular complexity index is 787. The maximum absolute atomic E-state index is 2.55. The van der Waals surface area contributed by atoms with Crippen LogP contribution in [-0.2, 0) is 0 Å². The monoisotopic (exact) mass is 378 g/mol. The minimum Gasteiger partial charge on any atom is -0.121 e. The van der Waals surface area contributed by atoms with E-state index < -0.39 is 0 Å². The van der Waals surface area contributed by atoms with Gasteiger partial charge in [0.2, 0.25) is 0 Å². The van der Waals surface area contributed by atoms with Gasteiger partial charge in [-0.1, -0.05) is 90.1 Å². The molecule has 0 spiro atoms. The molecule has 0 bridgehead atoms. The fourth-order valence-corrected chi connectivity index (χ4v) is 8.47. The summed E-state index contributed by atoms with van der Waals surface area (Å²) >= 11 is 2.16. The Balaban J connectivity index is 1.77. The van der Waals surface area contributed by atoms with Gasteiger partial charge < -0.3 is 0 Å². The molecule has 0 nitrogen and oxygen atoms in total. The summed E-state index contributed by atoms with van der Waals surface area (Å²) in [5, 5.41) is 0.678. The van der Waals surface area contributed by atoms with Gasteiger partial charge in [0, 0.05) is 10.1 Å². The normalized spacial score (nSPS) is 36.0. The van der Waals surface area contributed by atoms with Crippen molar-refractivity contribution >= 4 is 11.8 Å². The van der Waals surface area contributed by atoms with E-state index in [0.29, 0.717) is 28.4 Å². The quantitative estimate of drug-likeness (QED) is 0.518. The highest BCUT2D eigenvalue weighted by atomic mass is 32.2. The smallest absolute Gasteiger partial charge is 0.0198 e. The Labute approximate surface area is 170 Å². The van der Waals surface area contributed by atoms with E-state index in [0.717, 1.165) is 17.8 Å².